The number of carbonyl (C=O) groups excluding carboxylic acids is 2. The van der Waals surface area contributed by atoms with Gasteiger partial charge in [-0.3, -0.25) is 9.59 Å². The first-order valence-corrected chi connectivity index (χ1v) is 11.6. The average Bonchev–Trinajstić information content (AvgIpc) is 3.57. The smallest absolute Gasteiger partial charge is 0.290 e. The van der Waals surface area contributed by atoms with Crippen LogP contribution in [0.2, 0.25) is 0 Å². The summed E-state index contributed by atoms with van der Waals surface area (Å²) in [6, 6.07) is 14.0. The highest BCUT2D eigenvalue weighted by Gasteiger charge is 2.44. The van der Waals surface area contributed by atoms with Crippen molar-refractivity contribution in [1.82, 2.24) is 9.88 Å². The SMILES string of the molecule is COc1ccc2[nH]cc(CCN3C(=O)C(O)=C(C(=O)c4cccs4)[C@@H]3c3ccccc3F)c2c1. The lowest BCUT2D eigenvalue weighted by molar-refractivity contribution is -0.129. The molecule has 6 nitrogen and oxygen atoms in total. The van der Waals surface area contributed by atoms with Gasteiger partial charge in [-0.2, -0.15) is 0 Å². The Bertz CT molecular complexity index is 1420. The quantitative estimate of drug-likeness (QED) is 0.359. The Morgan fingerprint density at radius 3 is 2.76 bits per heavy atom. The number of ether oxygens (including phenoxy) is 1. The number of fused-ring (bicyclic) bond motifs is 1. The zero-order valence-electron chi connectivity index (χ0n) is 18.2. The predicted molar refractivity (Wildman–Crippen MR) is 128 cm³/mol. The normalized spacial score (nSPS) is 16.0. The Kier molecular flexibility index (Phi) is 5.67. The number of thiophene rings is 1. The highest BCUT2D eigenvalue weighted by Crippen LogP contribution is 2.40. The minimum atomic E-state index is -1.02. The molecule has 1 atom stereocenters. The van der Waals surface area contributed by atoms with Crippen molar-refractivity contribution < 1.29 is 23.8 Å². The molecular weight excluding hydrogens is 455 g/mol. The van der Waals surface area contributed by atoms with Crippen molar-refractivity contribution in [1.29, 1.82) is 0 Å². The number of ketones is 1. The highest BCUT2D eigenvalue weighted by molar-refractivity contribution is 7.12. The van der Waals surface area contributed by atoms with Crippen molar-refractivity contribution in [2.24, 2.45) is 0 Å². The predicted octanol–water partition coefficient (Wildman–Crippen LogP) is 5.20. The third-order valence-corrected chi connectivity index (χ3v) is 6.96. The Morgan fingerprint density at radius 1 is 1.21 bits per heavy atom. The molecule has 8 heteroatoms. The molecule has 0 saturated heterocycles. The van der Waals surface area contributed by atoms with Gasteiger partial charge in [-0.25, -0.2) is 4.39 Å². The van der Waals surface area contributed by atoms with Crippen LogP contribution >= 0.6 is 11.3 Å². The maximum atomic E-state index is 14.9. The lowest BCUT2D eigenvalue weighted by Gasteiger charge is -2.27. The monoisotopic (exact) mass is 476 g/mol. The summed E-state index contributed by atoms with van der Waals surface area (Å²) in [4.78, 5) is 31.3. The molecule has 0 unspecified atom stereocenters. The molecule has 0 saturated carbocycles. The molecule has 0 aliphatic carbocycles. The number of hydrogen-bond donors (Lipinski definition) is 2. The van der Waals surface area contributed by atoms with E-state index in [0.29, 0.717) is 17.0 Å². The van der Waals surface area contributed by atoms with Crippen molar-refractivity contribution in [3.63, 3.8) is 0 Å². The summed E-state index contributed by atoms with van der Waals surface area (Å²) in [6.45, 7) is 0.174. The van der Waals surface area contributed by atoms with Crippen LogP contribution in [0.3, 0.4) is 0 Å². The minimum absolute atomic E-state index is 0.0989. The summed E-state index contributed by atoms with van der Waals surface area (Å²) in [7, 11) is 1.59. The van der Waals surface area contributed by atoms with Gasteiger partial charge in [0.15, 0.2) is 5.76 Å². The summed E-state index contributed by atoms with van der Waals surface area (Å²) >= 11 is 1.21. The molecule has 5 rings (SSSR count). The van der Waals surface area contributed by atoms with Gasteiger partial charge in [0.05, 0.1) is 23.6 Å². The van der Waals surface area contributed by atoms with Gasteiger partial charge in [0.25, 0.3) is 5.91 Å². The molecule has 1 aliphatic heterocycles. The zero-order valence-corrected chi connectivity index (χ0v) is 19.1. The molecule has 2 N–H and O–H groups in total. The molecule has 34 heavy (non-hydrogen) atoms. The Hall–Kier alpha value is -3.91. The lowest BCUT2D eigenvalue weighted by Crippen LogP contribution is -2.33. The second-order valence-electron chi connectivity index (χ2n) is 7.97. The van der Waals surface area contributed by atoms with Crippen LogP contribution in [0.4, 0.5) is 4.39 Å². The minimum Gasteiger partial charge on any atom is -0.503 e. The fourth-order valence-corrected chi connectivity index (χ4v) is 5.09. The van der Waals surface area contributed by atoms with Crippen molar-refractivity contribution >= 4 is 33.9 Å². The van der Waals surface area contributed by atoms with Crippen molar-refractivity contribution in [3.05, 3.63) is 99.3 Å². The molecule has 0 spiro atoms. The number of Topliss-reactive ketones (excluding diaryl/α,β-unsaturated/α-hetero) is 1. The van der Waals surface area contributed by atoms with Crippen LogP contribution in [0.25, 0.3) is 10.9 Å². The van der Waals surface area contributed by atoms with Gasteiger partial charge in [-0.15, -0.1) is 11.3 Å². The number of benzene rings is 2. The van der Waals surface area contributed by atoms with E-state index in [1.54, 1.807) is 36.8 Å². The van der Waals surface area contributed by atoms with Crippen molar-refractivity contribution in [2.75, 3.05) is 13.7 Å². The van der Waals surface area contributed by atoms with Gasteiger partial charge < -0.3 is 19.7 Å². The number of halogens is 1. The van der Waals surface area contributed by atoms with Crippen LogP contribution in [0.1, 0.15) is 26.8 Å². The van der Waals surface area contributed by atoms with Crippen LogP contribution in [0.5, 0.6) is 5.75 Å². The first-order valence-electron chi connectivity index (χ1n) is 10.7. The highest BCUT2D eigenvalue weighted by atomic mass is 32.1. The summed E-state index contributed by atoms with van der Waals surface area (Å²) in [5.74, 6) is -1.64. The average molecular weight is 477 g/mol. The standard InChI is InChI=1S/C26H21FN2O4S/c1-33-16-8-9-20-18(13-16)15(14-28-20)10-11-29-23(17-5-2-3-6-19(17)27)22(25(31)26(29)32)24(30)21-7-4-12-34-21/h2-9,12-14,23,28,31H,10-11H2,1H3/t23-/m0/s1. The van der Waals surface area contributed by atoms with E-state index in [1.165, 1.54) is 28.4 Å². The van der Waals surface area contributed by atoms with Crippen LogP contribution in [-0.4, -0.2) is 40.3 Å². The largest absolute Gasteiger partial charge is 0.503 e. The summed E-state index contributed by atoms with van der Waals surface area (Å²) in [5.41, 5.74) is 1.92. The van der Waals surface area contributed by atoms with Gasteiger partial charge in [0, 0.05) is 29.2 Å². The maximum Gasteiger partial charge on any atom is 0.290 e. The number of nitrogens with one attached hydrogen (secondary N) is 1. The molecule has 0 fully saturated rings. The number of aromatic amines is 1. The van der Waals surface area contributed by atoms with Crippen LogP contribution in [0.15, 0.2) is 77.5 Å². The maximum absolute atomic E-state index is 14.9. The lowest BCUT2D eigenvalue weighted by atomic mass is 9.95. The van der Waals surface area contributed by atoms with E-state index in [2.05, 4.69) is 4.98 Å². The van der Waals surface area contributed by atoms with Gasteiger partial charge in [0.2, 0.25) is 5.78 Å². The molecule has 0 radical (unpaired) electrons. The summed E-state index contributed by atoms with van der Waals surface area (Å²) in [6.07, 6.45) is 2.28. The molecule has 2 aromatic carbocycles. The van der Waals surface area contributed by atoms with Gasteiger partial charge in [0.1, 0.15) is 11.6 Å². The van der Waals surface area contributed by atoms with Crippen molar-refractivity contribution in [3.8, 4) is 5.75 Å². The number of aromatic nitrogens is 1. The summed E-state index contributed by atoms with van der Waals surface area (Å²) in [5, 5.41) is 13.4. The molecule has 172 valence electrons. The molecular formula is C26H21FN2O4S. The number of nitrogens with zero attached hydrogens (tertiary/aromatic N) is 1. The third kappa shape index (κ3) is 3.66. The molecule has 1 aliphatic rings. The third-order valence-electron chi connectivity index (χ3n) is 6.09. The Balaban J connectivity index is 1.52. The fourth-order valence-electron chi connectivity index (χ4n) is 4.41. The topological polar surface area (TPSA) is 82.6 Å². The number of methoxy groups -OCH3 is 1. The molecule has 4 aromatic rings. The molecule has 2 aromatic heterocycles. The van der Waals surface area contributed by atoms with Gasteiger partial charge in [-0.1, -0.05) is 24.3 Å². The second kappa shape index (κ2) is 8.79. The van der Waals surface area contributed by atoms with E-state index in [-0.39, 0.29) is 17.7 Å². The van der Waals surface area contributed by atoms with E-state index in [9.17, 15) is 19.1 Å². The van der Waals surface area contributed by atoms with E-state index >= 15 is 0 Å². The number of H-pyrrole nitrogens is 1. The van der Waals surface area contributed by atoms with Crippen LogP contribution in [0, 0.1) is 5.82 Å². The number of carbonyl (C=O) groups is 2. The van der Waals surface area contributed by atoms with Crippen LogP contribution < -0.4 is 4.74 Å². The number of amides is 1. The van der Waals surface area contributed by atoms with E-state index in [0.717, 1.165) is 16.5 Å². The Labute approximate surface area is 198 Å². The van der Waals surface area contributed by atoms with E-state index < -0.39 is 29.3 Å². The molecule has 0 bridgehead atoms. The molecule has 1 amide bonds. The number of hydrogen-bond acceptors (Lipinski definition) is 5. The second-order valence-corrected chi connectivity index (χ2v) is 8.91. The first kappa shape index (κ1) is 21.9. The van der Waals surface area contributed by atoms with E-state index in [4.69, 9.17) is 4.74 Å². The van der Waals surface area contributed by atoms with E-state index in [1.807, 2.05) is 24.4 Å². The van der Waals surface area contributed by atoms with Crippen molar-refractivity contribution in [2.45, 2.75) is 12.5 Å². The number of aliphatic hydroxyl groups excluding tert-OH is 1. The first-order chi connectivity index (χ1) is 16.5. The Morgan fingerprint density at radius 2 is 2.03 bits per heavy atom. The fraction of sp³-hybridized carbons (Fsp3) is 0.154. The van der Waals surface area contributed by atoms with Gasteiger partial charge >= 0.3 is 0 Å². The number of rotatable bonds is 7. The summed E-state index contributed by atoms with van der Waals surface area (Å²) < 4.78 is 20.2. The van der Waals surface area contributed by atoms with Gasteiger partial charge in [-0.05, 0) is 47.7 Å². The number of aliphatic hydroxyl groups is 1. The zero-order chi connectivity index (χ0) is 23.8. The molecule has 3 heterocycles. The van der Waals surface area contributed by atoms with Crippen LogP contribution in [-0.2, 0) is 11.2 Å².